The largest absolute Gasteiger partial charge is 0.356 e. The minimum Gasteiger partial charge on any atom is -0.356 e. The zero-order chi connectivity index (χ0) is 17.8. The molecule has 0 aliphatic carbocycles. The lowest BCUT2D eigenvalue weighted by Crippen LogP contribution is -2.35. The summed E-state index contributed by atoms with van der Waals surface area (Å²) < 4.78 is 0. The van der Waals surface area contributed by atoms with E-state index in [1.54, 1.807) is 31.0 Å². The third-order valence-corrected chi connectivity index (χ3v) is 4.43. The maximum absolute atomic E-state index is 4.60. The summed E-state index contributed by atoms with van der Waals surface area (Å²) in [6.07, 6.45) is 10.8. The van der Waals surface area contributed by atoms with Crippen molar-refractivity contribution < 1.29 is 0 Å². The molecule has 26 heavy (non-hydrogen) atoms. The van der Waals surface area contributed by atoms with Gasteiger partial charge in [-0.3, -0.25) is 4.98 Å². The molecule has 1 atom stereocenters. The lowest BCUT2D eigenvalue weighted by molar-refractivity contribution is 0.497. The zero-order valence-corrected chi connectivity index (χ0v) is 14.6. The van der Waals surface area contributed by atoms with Crippen LogP contribution in [0.2, 0.25) is 0 Å². The monoisotopic (exact) mass is 348 g/mol. The third kappa shape index (κ3) is 3.74. The maximum atomic E-state index is 4.60. The molecule has 132 valence electrons. The Morgan fingerprint density at radius 2 is 1.92 bits per heavy atom. The second kappa shape index (κ2) is 7.38. The van der Waals surface area contributed by atoms with Crippen molar-refractivity contribution in [3.8, 4) is 0 Å². The highest BCUT2D eigenvalue weighted by molar-refractivity contribution is 5.45. The van der Waals surface area contributed by atoms with Gasteiger partial charge in [-0.25, -0.2) is 24.9 Å². The quantitative estimate of drug-likeness (QED) is 0.769. The van der Waals surface area contributed by atoms with Crippen LogP contribution in [0, 0.1) is 6.92 Å². The molecule has 4 heterocycles. The molecule has 0 radical (unpaired) electrons. The van der Waals surface area contributed by atoms with Crippen LogP contribution in [0.4, 0.5) is 17.6 Å². The first-order valence-corrected chi connectivity index (χ1v) is 8.67. The molecule has 0 spiro atoms. The van der Waals surface area contributed by atoms with Gasteiger partial charge in [0, 0.05) is 43.2 Å². The molecule has 1 fully saturated rings. The van der Waals surface area contributed by atoms with Crippen molar-refractivity contribution in [3.63, 3.8) is 0 Å². The van der Waals surface area contributed by atoms with E-state index < -0.39 is 0 Å². The second-order valence-corrected chi connectivity index (χ2v) is 6.33. The van der Waals surface area contributed by atoms with E-state index >= 15 is 0 Å². The minimum absolute atomic E-state index is 0.341. The molecule has 0 bridgehead atoms. The number of aryl methyl sites for hydroxylation is 1. The fraction of sp³-hybridized carbons (Fsp3) is 0.333. The molecule has 8 heteroatoms. The lowest BCUT2D eigenvalue weighted by Gasteiger charge is -2.33. The summed E-state index contributed by atoms with van der Waals surface area (Å²) in [5.74, 6) is 2.47. The Hall–Kier alpha value is -3.16. The summed E-state index contributed by atoms with van der Waals surface area (Å²) in [6.45, 7) is 3.88. The first-order chi connectivity index (χ1) is 12.8. The van der Waals surface area contributed by atoms with Crippen LogP contribution in [-0.4, -0.2) is 43.0 Å². The van der Waals surface area contributed by atoms with Crippen molar-refractivity contribution in [2.75, 3.05) is 23.3 Å². The van der Waals surface area contributed by atoms with Gasteiger partial charge in [-0.2, -0.15) is 0 Å². The van der Waals surface area contributed by atoms with Crippen molar-refractivity contribution in [2.24, 2.45) is 0 Å². The SMILES string of the molecule is Cc1cc(N2CCCC(c3cnc(Nc4ncccn4)cn3)C2)ncn1. The van der Waals surface area contributed by atoms with E-state index in [0.717, 1.165) is 43.1 Å². The molecular weight excluding hydrogens is 328 g/mol. The first kappa shape index (κ1) is 16.3. The lowest BCUT2D eigenvalue weighted by atomic mass is 9.95. The molecule has 1 unspecified atom stereocenters. The molecule has 3 aromatic rings. The number of hydrogen-bond donors (Lipinski definition) is 1. The Morgan fingerprint density at radius 3 is 2.69 bits per heavy atom. The van der Waals surface area contributed by atoms with Crippen LogP contribution in [0.5, 0.6) is 0 Å². The maximum Gasteiger partial charge on any atom is 0.228 e. The summed E-state index contributed by atoms with van der Waals surface area (Å²) in [6, 6.07) is 3.80. The molecule has 1 saturated heterocycles. The van der Waals surface area contributed by atoms with Gasteiger partial charge in [-0.15, -0.1) is 0 Å². The Kier molecular flexibility index (Phi) is 4.63. The molecule has 1 N–H and O–H groups in total. The molecular formula is C18H20N8. The van der Waals surface area contributed by atoms with E-state index in [2.05, 4.69) is 40.1 Å². The summed E-state index contributed by atoms with van der Waals surface area (Å²) in [5.41, 5.74) is 1.98. The van der Waals surface area contributed by atoms with E-state index in [1.807, 2.05) is 19.2 Å². The average Bonchev–Trinajstić information content (AvgIpc) is 2.69. The highest BCUT2D eigenvalue weighted by Gasteiger charge is 2.23. The molecule has 3 aromatic heterocycles. The first-order valence-electron chi connectivity index (χ1n) is 8.67. The van der Waals surface area contributed by atoms with Crippen molar-refractivity contribution >= 4 is 17.6 Å². The van der Waals surface area contributed by atoms with Gasteiger partial charge in [0.05, 0.1) is 18.1 Å². The molecule has 4 rings (SSSR count). The summed E-state index contributed by atoms with van der Waals surface area (Å²) >= 11 is 0. The topological polar surface area (TPSA) is 92.6 Å². The second-order valence-electron chi connectivity index (χ2n) is 6.33. The Balaban J connectivity index is 1.45. The van der Waals surface area contributed by atoms with Crippen molar-refractivity contribution in [3.05, 3.63) is 54.6 Å². The van der Waals surface area contributed by atoms with Crippen molar-refractivity contribution in [1.29, 1.82) is 0 Å². The minimum atomic E-state index is 0.341. The van der Waals surface area contributed by atoms with Gasteiger partial charge < -0.3 is 10.2 Å². The number of aromatic nitrogens is 6. The van der Waals surface area contributed by atoms with Crippen LogP contribution in [0.1, 0.15) is 30.1 Å². The Labute approximate surface area is 151 Å². The summed E-state index contributed by atoms with van der Waals surface area (Å²) in [4.78, 5) is 28.2. The number of hydrogen-bond acceptors (Lipinski definition) is 8. The highest BCUT2D eigenvalue weighted by atomic mass is 15.2. The van der Waals surface area contributed by atoms with E-state index in [0.29, 0.717) is 17.7 Å². The normalized spacial score (nSPS) is 17.1. The van der Waals surface area contributed by atoms with Gasteiger partial charge in [-0.1, -0.05) is 0 Å². The van der Waals surface area contributed by atoms with Crippen molar-refractivity contribution in [2.45, 2.75) is 25.7 Å². The van der Waals surface area contributed by atoms with Crippen LogP contribution < -0.4 is 10.2 Å². The van der Waals surface area contributed by atoms with Gasteiger partial charge in [-0.05, 0) is 25.8 Å². The summed E-state index contributed by atoms with van der Waals surface area (Å²) in [5, 5.41) is 3.05. The predicted octanol–water partition coefficient (Wildman–Crippen LogP) is 2.49. The molecule has 1 aliphatic rings. The highest BCUT2D eigenvalue weighted by Crippen LogP contribution is 2.28. The molecule has 8 nitrogen and oxygen atoms in total. The van der Waals surface area contributed by atoms with Gasteiger partial charge >= 0.3 is 0 Å². The fourth-order valence-electron chi connectivity index (χ4n) is 3.13. The third-order valence-electron chi connectivity index (χ3n) is 4.43. The Bertz CT molecular complexity index is 853. The molecule has 1 aliphatic heterocycles. The predicted molar refractivity (Wildman–Crippen MR) is 98.3 cm³/mol. The molecule has 0 amide bonds. The average molecular weight is 348 g/mol. The smallest absolute Gasteiger partial charge is 0.228 e. The number of piperidine rings is 1. The van der Waals surface area contributed by atoms with Crippen LogP contribution in [0.15, 0.2) is 43.2 Å². The van der Waals surface area contributed by atoms with Crippen LogP contribution in [0.25, 0.3) is 0 Å². The van der Waals surface area contributed by atoms with Crippen LogP contribution in [-0.2, 0) is 0 Å². The van der Waals surface area contributed by atoms with Crippen LogP contribution >= 0.6 is 0 Å². The van der Waals surface area contributed by atoms with E-state index in [1.165, 1.54) is 0 Å². The number of anilines is 3. The van der Waals surface area contributed by atoms with Gasteiger partial charge in [0.1, 0.15) is 12.1 Å². The molecule has 0 aromatic carbocycles. The summed E-state index contributed by atoms with van der Waals surface area (Å²) in [7, 11) is 0. The van der Waals surface area contributed by atoms with Gasteiger partial charge in [0.25, 0.3) is 0 Å². The van der Waals surface area contributed by atoms with Crippen LogP contribution in [0.3, 0.4) is 0 Å². The van der Waals surface area contributed by atoms with Gasteiger partial charge in [0.2, 0.25) is 5.95 Å². The zero-order valence-electron chi connectivity index (χ0n) is 14.6. The van der Waals surface area contributed by atoms with Gasteiger partial charge in [0.15, 0.2) is 5.82 Å². The van der Waals surface area contributed by atoms with E-state index in [4.69, 9.17) is 0 Å². The molecule has 0 saturated carbocycles. The number of nitrogens with one attached hydrogen (secondary N) is 1. The van der Waals surface area contributed by atoms with Crippen molar-refractivity contribution in [1.82, 2.24) is 29.9 Å². The van der Waals surface area contributed by atoms with E-state index in [9.17, 15) is 0 Å². The Morgan fingerprint density at radius 1 is 1.04 bits per heavy atom. The number of rotatable bonds is 4. The number of nitrogens with zero attached hydrogens (tertiary/aromatic N) is 7. The standard InChI is InChI=1S/C18H20N8/c1-13-8-17(24-12-23-13)26-7-2-4-14(11-26)15-9-22-16(10-21-15)25-18-19-5-3-6-20-18/h3,5-6,8-10,12,14H,2,4,7,11H2,1H3,(H,19,20,22,25). The fourth-order valence-corrected chi connectivity index (χ4v) is 3.13. The van der Waals surface area contributed by atoms with E-state index in [-0.39, 0.29) is 0 Å².